The number of rotatable bonds is 2. The van der Waals surface area contributed by atoms with E-state index in [1.54, 1.807) is 37.3 Å². The van der Waals surface area contributed by atoms with Crippen LogP contribution in [0.4, 0.5) is 15.8 Å². The number of anilines is 2. The summed E-state index contributed by atoms with van der Waals surface area (Å²) < 4.78 is 13.8. The number of aryl methyl sites for hydroxylation is 1. The average molecular weight is 359 g/mol. The maximum atomic E-state index is 13.8. The molecule has 126 valence electrons. The molecule has 2 aromatic rings. The Kier molecular flexibility index (Phi) is 3.54. The van der Waals surface area contributed by atoms with E-state index in [4.69, 9.17) is 11.6 Å². The van der Waals surface area contributed by atoms with E-state index in [-0.39, 0.29) is 5.69 Å². The van der Waals surface area contributed by atoms with Gasteiger partial charge in [0.1, 0.15) is 5.82 Å². The summed E-state index contributed by atoms with van der Waals surface area (Å²) in [6.07, 6.45) is 0. The first-order valence-electron chi connectivity index (χ1n) is 7.57. The minimum atomic E-state index is -0.937. The molecule has 0 aromatic heterocycles. The summed E-state index contributed by atoms with van der Waals surface area (Å²) in [7, 11) is 0. The molecule has 6 nitrogen and oxygen atoms in total. The van der Waals surface area contributed by atoms with Crippen LogP contribution in [0.1, 0.15) is 5.56 Å². The van der Waals surface area contributed by atoms with Crippen molar-refractivity contribution >= 4 is 34.8 Å². The smallest absolute Gasteiger partial charge is 0.263 e. The van der Waals surface area contributed by atoms with Crippen molar-refractivity contribution in [3.63, 3.8) is 0 Å². The van der Waals surface area contributed by atoms with Crippen LogP contribution in [0, 0.1) is 12.7 Å². The van der Waals surface area contributed by atoms with E-state index < -0.39 is 29.7 Å². The van der Waals surface area contributed by atoms with Crippen LogP contribution in [0.5, 0.6) is 0 Å². The molecule has 2 aliphatic rings. The topological polar surface area (TPSA) is 65.3 Å². The Morgan fingerprint density at radius 2 is 1.72 bits per heavy atom. The molecule has 2 unspecified atom stereocenters. The van der Waals surface area contributed by atoms with Crippen LogP contribution in [0.15, 0.2) is 52.8 Å². The minimum absolute atomic E-state index is 0.193. The number of hydrogen-bond donors (Lipinski definition) is 0. The first kappa shape index (κ1) is 15.7. The SMILES string of the molecule is Cc1ccc(N2C(=O)C3N=NN(c4ccc(Cl)cc4)C3C2=O)cc1F. The Morgan fingerprint density at radius 1 is 1.04 bits per heavy atom. The number of carbonyl (C=O) groups is 2. The normalized spacial score (nSPS) is 22.0. The molecule has 0 saturated carbocycles. The number of nitrogens with zero attached hydrogens (tertiary/aromatic N) is 4. The Labute approximate surface area is 147 Å². The van der Waals surface area contributed by atoms with Crippen LogP contribution in [-0.2, 0) is 9.59 Å². The number of halogens is 2. The van der Waals surface area contributed by atoms with Crippen molar-refractivity contribution in [3.8, 4) is 0 Å². The Balaban J connectivity index is 1.70. The van der Waals surface area contributed by atoms with Crippen molar-refractivity contribution in [1.82, 2.24) is 0 Å². The number of imide groups is 1. The summed E-state index contributed by atoms with van der Waals surface area (Å²) in [4.78, 5) is 26.4. The molecule has 2 aliphatic heterocycles. The van der Waals surface area contributed by atoms with E-state index in [2.05, 4.69) is 10.3 Å². The fourth-order valence-corrected chi connectivity index (χ4v) is 3.07. The average Bonchev–Trinajstić information content (AvgIpc) is 3.12. The van der Waals surface area contributed by atoms with Gasteiger partial charge in [-0.1, -0.05) is 22.9 Å². The fraction of sp³-hybridized carbons (Fsp3) is 0.176. The third kappa shape index (κ3) is 2.39. The van der Waals surface area contributed by atoms with Crippen LogP contribution in [0.3, 0.4) is 0 Å². The Hall–Kier alpha value is -2.80. The van der Waals surface area contributed by atoms with Crippen LogP contribution in [0.2, 0.25) is 5.02 Å². The molecule has 1 fully saturated rings. The molecule has 2 atom stereocenters. The zero-order valence-corrected chi connectivity index (χ0v) is 13.8. The minimum Gasteiger partial charge on any atom is -0.271 e. The molecule has 2 heterocycles. The summed E-state index contributed by atoms with van der Waals surface area (Å²) in [5.41, 5.74) is 1.23. The molecule has 8 heteroatoms. The quantitative estimate of drug-likeness (QED) is 0.774. The maximum Gasteiger partial charge on any atom is 0.263 e. The van der Waals surface area contributed by atoms with Gasteiger partial charge in [-0.2, -0.15) is 5.11 Å². The van der Waals surface area contributed by atoms with Gasteiger partial charge in [0.2, 0.25) is 0 Å². The molecular formula is C17H12ClFN4O2. The van der Waals surface area contributed by atoms with Gasteiger partial charge < -0.3 is 0 Å². The van der Waals surface area contributed by atoms with Gasteiger partial charge in [0.25, 0.3) is 11.8 Å². The number of amides is 2. The predicted molar refractivity (Wildman–Crippen MR) is 90.0 cm³/mol. The highest BCUT2D eigenvalue weighted by atomic mass is 35.5. The molecule has 0 aliphatic carbocycles. The molecule has 0 radical (unpaired) electrons. The monoisotopic (exact) mass is 358 g/mol. The first-order valence-corrected chi connectivity index (χ1v) is 7.95. The lowest BCUT2D eigenvalue weighted by atomic mass is 10.1. The van der Waals surface area contributed by atoms with Crippen LogP contribution < -0.4 is 9.91 Å². The number of hydrogen-bond acceptors (Lipinski definition) is 5. The highest BCUT2D eigenvalue weighted by Crippen LogP contribution is 2.35. The molecule has 0 bridgehead atoms. The number of fused-ring (bicyclic) bond motifs is 1. The molecule has 1 saturated heterocycles. The highest BCUT2D eigenvalue weighted by molar-refractivity contribution is 6.30. The van der Waals surface area contributed by atoms with Crippen molar-refractivity contribution in [3.05, 3.63) is 58.9 Å². The first-order chi connectivity index (χ1) is 12.0. The van der Waals surface area contributed by atoms with Gasteiger partial charge in [0.15, 0.2) is 12.1 Å². The third-order valence-electron chi connectivity index (χ3n) is 4.29. The van der Waals surface area contributed by atoms with Gasteiger partial charge in [0.05, 0.1) is 11.4 Å². The van der Waals surface area contributed by atoms with Gasteiger partial charge in [-0.15, -0.1) is 0 Å². The van der Waals surface area contributed by atoms with Crippen molar-refractivity contribution in [2.45, 2.75) is 19.0 Å². The fourth-order valence-electron chi connectivity index (χ4n) is 2.94. The molecular weight excluding hydrogens is 347 g/mol. The zero-order chi connectivity index (χ0) is 17.7. The summed E-state index contributed by atoms with van der Waals surface area (Å²) >= 11 is 5.87. The molecule has 2 aromatic carbocycles. The molecule has 25 heavy (non-hydrogen) atoms. The second kappa shape index (κ2) is 5.63. The van der Waals surface area contributed by atoms with Gasteiger partial charge in [0, 0.05) is 5.02 Å². The van der Waals surface area contributed by atoms with Crippen molar-refractivity contribution < 1.29 is 14.0 Å². The van der Waals surface area contributed by atoms with E-state index in [1.807, 2.05) is 0 Å². The van der Waals surface area contributed by atoms with Crippen molar-refractivity contribution in [1.29, 1.82) is 0 Å². The van der Waals surface area contributed by atoms with Crippen molar-refractivity contribution in [2.75, 3.05) is 9.91 Å². The maximum absolute atomic E-state index is 13.8. The molecule has 0 N–H and O–H groups in total. The summed E-state index contributed by atoms with van der Waals surface area (Å²) in [6, 6.07) is 9.13. The standard InChI is InChI=1S/C17H12ClFN4O2/c1-9-2-5-12(8-13(9)19)22-16(24)14-15(17(22)25)23(21-20-14)11-6-3-10(18)4-7-11/h2-8,14-15H,1H3. The third-order valence-corrected chi connectivity index (χ3v) is 4.54. The van der Waals surface area contributed by atoms with E-state index in [0.717, 1.165) is 4.90 Å². The van der Waals surface area contributed by atoms with Gasteiger partial charge in [-0.25, -0.2) is 14.3 Å². The molecule has 4 rings (SSSR count). The van der Waals surface area contributed by atoms with E-state index in [1.165, 1.54) is 17.1 Å². The van der Waals surface area contributed by atoms with Crippen molar-refractivity contribution in [2.24, 2.45) is 10.3 Å². The Morgan fingerprint density at radius 3 is 2.40 bits per heavy atom. The van der Waals surface area contributed by atoms with Crippen LogP contribution in [0.25, 0.3) is 0 Å². The number of carbonyl (C=O) groups excluding carboxylic acids is 2. The lowest BCUT2D eigenvalue weighted by molar-refractivity contribution is -0.121. The second-order valence-electron chi connectivity index (χ2n) is 5.86. The van der Waals surface area contributed by atoms with Crippen LogP contribution >= 0.6 is 11.6 Å². The lowest BCUT2D eigenvalue weighted by Gasteiger charge is -2.20. The molecule has 2 amide bonds. The van der Waals surface area contributed by atoms with Gasteiger partial charge >= 0.3 is 0 Å². The predicted octanol–water partition coefficient (Wildman–Crippen LogP) is 3.29. The second-order valence-corrected chi connectivity index (χ2v) is 6.30. The lowest BCUT2D eigenvalue weighted by Crippen LogP contribution is -2.39. The van der Waals surface area contributed by atoms with E-state index in [0.29, 0.717) is 16.3 Å². The highest BCUT2D eigenvalue weighted by Gasteiger charge is 2.55. The summed E-state index contributed by atoms with van der Waals surface area (Å²) in [6.45, 7) is 1.61. The van der Waals surface area contributed by atoms with E-state index >= 15 is 0 Å². The summed E-state index contributed by atoms with van der Waals surface area (Å²) in [5.74, 6) is -1.48. The van der Waals surface area contributed by atoms with Gasteiger partial charge in [-0.05, 0) is 48.9 Å². The molecule has 0 spiro atoms. The Bertz CT molecular complexity index is 915. The zero-order valence-electron chi connectivity index (χ0n) is 13.1. The number of benzene rings is 2. The van der Waals surface area contributed by atoms with Gasteiger partial charge in [-0.3, -0.25) is 9.59 Å². The van der Waals surface area contributed by atoms with E-state index in [9.17, 15) is 14.0 Å². The van der Waals surface area contributed by atoms with Crippen LogP contribution in [-0.4, -0.2) is 23.9 Å². The largest absolute Gasteiger partial charge is 0.271 e. The summed E-state index contributed by atoms with van der Waals surface area (Å²) in [5, 5.41) is 9.83.